The molecule has 0 aromatic rings. The number of urea groups is 1. The molecule has 1 atom stereocenters. The number of ether oxygens (including phenoxy) is 2. The van der Waals surface area contributed by atoms with Crippen LogP contribution in [0.3, 0.4) is 0 Å². The van der Waals surface area contributed by atoms with Crippen molar-refractivity contribution in [2.24, 2.45) is 5.73 Å². The zero-order valence-corrected chi connectivity index (χ0v) is 45.7. The van der Waals surface area contributed by atoms with Gasteiger partial charge in [0.15, 0.2) is 0 Å². The number of hydrogen-bond donors (Lipinski definition) is 5. The van der Waals surface area contributed by atoms with Gasteiger partial charge in [0.1, 0.15) is 18.6 Å². The van der Waals surface area contributed by atoms with Crippen molar-refractivity contribution >= 4 is 12.0 Å². The van der Waals surface area contributed by atoms with Crippen LogP contribution >= 0.6 is 0 Å². The quantitative estimate of drug-likeness (QED) is 0.0230. The number of carboxylic acid groups (broad SMARTS) is 1. The Kier molecular flexibility index (Phi) is 54.4. The first-order chi connectivity index (χ1) is 33.9. The van der Waals surface area contributed by atoms with Crippen LogP contribution in [0.25, 0.3) is 0 Å². The molecule has 0 saturated carbocycles. The van der Waals surface area contributed by atoms with E-state index in [-0.39, 0.29) is 12.1 Å². The Morgan fingerprint density at radius 1 is 0.543 bits per heavy atom. The Hall–Kier alpha value is -2.23. The average molecular weight is 1010 g/mol. The van der Waals surface area contributed by atoms with Gasteiger partial charge >= 0.3 is 12.2 Å². The Balaban J connectivity index is 0. The summed E-state index contributed by atoms with van der Waals surface area (Å²) in [6.45, 7) is 14.6. The summed E-state index contributed by atoms with van der Waals surface area (Å²) in [4.78, 5) is 21.3. The molecule has 0 fully saturated rings. The van der Waals surface area contributed by atoms with E-state index in [2.05, 4.69) is 73.5 Å². The van der Waals surface area contributed by atoms with Crippen molar-refractivity contribution in [1.82, 2.24) is 21.3 Å². The van der Waals surface area contributed by atoms with Crippen LogP contribution in [0.4, 0.5) is 18.0 Å². The number of carbonyl (C=O) groups is 2. The molecule has 0 bridgehead atoms. The zero-order valence-electron chi connectivity index (χ0n) is 45.7. The summed E-state index contributed by atoms with van der Waals surface area (Å²) in [6, 6.07) is -0.0784. The summed E-state index contributed by atoms with van der Waals surface area (Å²) in [5, 5.41) is 21.8. The molecule has 416 valence electrons. The first-order valence-electron chi connectivity index (χ1n) is 28.6. The number of unbranched alkanes of at least 4 members (excludes halogenated alkanes) is 25. The van der Waals surface area contributed by atoms with E-state index in [9.17, 15) is 18.0 Å². The highest BCUT2D eigenvalue weighted by Gasteiger charge is 2.29. The van der Waals surface area contributed by atoms with Crippen LogP contribution in [0.2, 0.25) is 0 Å². The molecule has 0 aliphatic rings. The lowest BCUT2D eigenvalue weighted by molar-refractivity contribution is -0.892. The van der Waals surface area contributed by atoms with E-state index in [1.54, 1.807) is 0 Å². The first kappa shape index (κ1) is 69.8. The van der Waals surface area contributed by atoms with Gasteiger partial charge < -0.3 is 50.9 Å². The van der Waals surface area contributed by atoms with Crippen molar-refractivity contribution in [3.8, 4) is 0 Å². The number of quaternary nitrogens is 1. The van der Waals surface area contributed by atoms with Crippen LogP contribution in [0, 0.1) is 0 Å². The topological polar surface area (TPSA) is 150 Å². The van der Waals surface area contributed by atoms with E-state index in [4.69, 9.17) is 25.1 Å². The lowest BCUT2D eigenvalue weighted by atomic mass is 10.1. The van der Waals surface area contributed by atoms with Crippen LogP contribution < -0.4 is 32.1 Å². The van der Waals surface area contributed by atoms with E-state index >= 15 is 0 Å². The second kappa shape index (κ2) is 54.5. The molecule has 1 unspecified atom stereocenters. The van der Waals surface area contributed by atoms with Crippen LogP contribution in [-0.4, -0.2) is 122 Å². The van der Waals surface area contributed by atoms with Gasteiger partial charge in [0.05, 0.1) is 33.8 Å². The highest BCUT2D eigenvalue weighted by Crippen LogP contribution is 2.14. The third-order valence-corrected chi connectivity index (χ3v) is 12.4. The second-order valence-corrected chi connectivity index (χ2v) is 20.0. The Bertz CT molecular complexity index is 1160. The van der Waals surface area contributed by atoms with Gasteiger partial charge in [-0.15, -0.1) is 0 Å². The Labute approximate surface area is 428 Å². The summed E-state index contributed by atoms with van der Waals surface area (Å²) in [6.07, 6.45) is 45.7. The monoisotopic (exact) mass is 1000 g/mol. The zero-order chi connectivity index (χ0) is 51.9. The molecule has 0 saturated heterocycles. The molecular formula is C56H111F3N6O5. The second-order valence-electron chi connectivity index (χ2n) is 20.0. The minimum Gasteiger partial charge on any atom is -0.542 e. The molecule has 2 amide bonds. The number of alkyl halides is 3. The summed E-state index contributed by atoms with van der Waals surface area (Å²) in [5.74, 6) is -3.01. The number of amides is 2. The maximum atomic E-state index is 12.5. The van der Waals surface area contributed by atoms with E-state index in [1.165, 1.54) is 173 Å². The lowest BCUT2D eigenvalue weighted by Crippen LogP contribution is -2.51. The summed E-state index contributed by atoms with van der Waals surface area (Å²) < 4.78 is 45.1. The van der Waals surface area contributed by atoms with Crippen molar-refractivity contribution in [1.29, 1.82) is 0 Å². The van der Waals surface area contributed by atoms with Gasteiger partial charge in [-0.1, -0.05) is 154 Å². The molecule has 0 aromatic heterocycles. The number of nitrogens with one attached hydrogen (secondary N) is 4. The number of allylic oxidation sites excluding steroid dienone is 4. The summed E-state index contributed by atoms with van der Waals surface area (Å²) in [5.41, 5.74) is 5.54. The number of hydrogen-bond acceptors (Lipinski definition) is 8. The third kappa shape index (κ3) is 58.3. The minimum atomic E-state index is -5.19. The fourth-order valence-electron chi connectivity index (χ4n) is 7.99. The smallest absolute Gasteiger partial charge is 0.430 e. The molecule has 0 aliphatic carbocycles. The fourth-order valence-corrected chi connectivity index (χ4v) is 7.99. The summed E-state index contributed by atoms with van der Waals surface area (Å²) in [7, 11) is 4.49. The molecule has 14 heteroatoms. The van der Waals surface area contributed by atoms with Crippen LogP contribution in [-0.2, 0) is 14.3 Å². The van der Waals surface area contributed by atoms with Gasteiger partial charge in [-0.2, -0.15) is 13.2 Å². The standard InChI is InChI=1S/C54H110N6O3.C2HF3O2/c1-5-7-9-11-13-15-17-19-21-23-25-27-29-31-33-37-49-62-52-53(63-50-38-34-32-30-28-26-24-22-20-18-16-14-12-10-8-6-2)51-60(3,4)48-47-59-54(61)58-46-40-45-57-43-36-35-42-56-44-39-41-55;3-2(4,5)1(6)7/h19-22,53,56-57H,5-18,23-52,55H2,1-4H3,(H-,58,59,61);(H,6,7)/b21-19-,22-20-;. The van der Waals surface area contributed by atoms with Crippen molar-refractivity contribution < 1.29 is 41.8 Å². The minimum absolute atomic E-state index is 0.0611. The SMILES string of the molecule is CCCCCCCC/C=C\CCCCCCCCOCC(C[N+](C)(C)CCNC(=O)NCCCNCCCCNCCCN)OCCCCCCCC/C=C\CCCCCCCC.O=C([O-])C(F)(F)F. The molecule has 70 heavy (non-hydrogen) atoms. The van der Waals surface area contributed by atoms with Gasteiger partial charge in [0.2, 0.25) is 0 Å². The van der Waals surface area contributed by atoms with Crippen molar-refractivity contribution in [3.05, 3.63) is 24.3 Å². The van der Waals surface area contributed by atoms with Gasteiger partial charge in [-0.05, 0) is 123 Å². The number of likely N-dealkylation sites (N-methyl/N-ethyl adjacent to an activating group) is 1. The number of carboxylic acids is 1. The predicted octanol–water partition coefficient (Wildman–Crippen LogP) is 11.8. The van der Waals surface area contributed by atoms with Crippen LogP contribution in [0.15, 0.2) is 24.3 Å². The number of rotatable bonds is 52. The maximum absolute atomic E-state index is 12.5. The predicted molar refractivity (Wildman–Crippen MR) is 287 cm³/mol. The van der Waals surface area contributed by atoms with Crippen LogP contribution in [0.5, 0.6) is 0 Å². The molecule has 6 N–H and O–H groups in total. The molecule has 0 aromatic carbocycles. The van der Waals surface area contributed by atoms with Crippen LogP contribution in [0.1, 0.15) is 219 Å². The van der Waals surface area contributed by atoms with E-state index < -0.39 is 12.1 Å². The van der Waals surface area contributed by atoms with Crippen molar-refractivity contribution in [2.45, 2.75) is 232 Å². The van der Waals surface area contributed by atoms with Crippen molar-refractivity contribution in [3.63, 3.8) is 0 Å². The highest BCUT2D eigenvalue weighted by atomic mass is 19.4. The van der Waals surface area contributed by atoms with Gasteiger partial charge in [-0.3, -0.25) is 0 Å². The maximum Gasteiger partial charge on any atom is 0.430 e. The molecule has 0 spiro atoms. The lowest BCUT2D eigenvalue weighted by Gasteiger charge is -2.33. The number of aliphatic carboxylic acids is 1. The highest BCUT2D eigenvalue weighted by molar-refractivity contribution is 5.73. The number of carbonyl (C=O) groups excluding carboxylic acids is 2. The Morgan fingerprint density at radius 2 is 0.929 bits per heavy atom. The molecular weight excluding hydrogens is 894 g/mol. The van der Waals surface area contributed by atoms with Gasteiger partial charge in [0, 0.05) is 19.8 Å². The molecule has 0 heterocycles. The fraction of sp³-hybridized carbons (Fsp3) is 0.893. The van der Waals surface area contributed by atoms with Crippen molar-refractivity contribution in [2.75, 3.05) is 92.8 Å². The molecule has 0 radical (unpaired) electrons. The van der Waals surface area contributed by atoms with Gasteiger partial charge in [-0.25, -0.2) is 4.79 Å². The molecule has 0 aliphatic heterocycles. The number of nitrogens with zero attached hydrogens (tertiary/aromatic N) is 1. The molecule has 11 nitrogen and oxygen atoms in total. The average Bonchev–Trinajstić information content (AvgIpc) is 3.32. The third-order valence-electron chi connectivity index (χ3n) is 12.4. The van der Waals surface area contributed by atoms with Gasteiger partial charge in [0.25, 0.3) is 0 Å². The molecule has 0 rings (SSSR count). The first-order valence-corrected chi connectivity index (χ1v) is 28.6. The summed E-state index contributed by atoms with van der Waals surface area (Å²) >= 11 is 0. The number of nitrogens with two attached hydrogens (primary N) is 1. The van der Waals surface area contributed by atoms with E-state index in [0.29, 0.717) is 19.7 Å². The van der Waals surface area contributed by atoms with E-state index in [1.807, 2.05) is 0 Å². The largest absolute Gasteiger partial charge is 0.542 e. The normalized spacial score (nSPS) is 12.5. The number of halogens is 3. The van der Waals surface area contributed by atoms with E-state index in [0.717, 1.165) is 95.6 Å². The Morgan fingerprint density at radius 3 is 1.37 bits per heavy atom.